The van der Waals surface area contributed by atoms with Crippen molar-refractivity contribution < 1.29 is 13.2 Å². The normalized spacial score (nSPS) is 26.2. The maximum Gasteiger partial charge on any atom is 0.220 e. The summed E-state index contributed by atoms with van der Waals surface area (Å²) in [4.78, 5) is 11.8. The van der Waals surface area contributed by atoms with Crippen LogP contribution < -0.4 is 5.32 Å². The Bertz CT molecular complexity index is 410. The maximum atomic E-state index is 11.8. The molecule has 0 atom stereocenters. The first kappa shape index (κ1) is 14.8. The van der Waals surface area contributed by atoms with Crippen LogP contribution in [0.1, 0.15) is 51.9 Å². The number of rotatable bonds is 4. The molecule has 2 rings (SSSR count). The lowest BCUT2D eigenvalue weighted by Gasteiger charge is -2.29. The Hall–Kier alpha value is -0.580. The Labute approximate surface area is 116 Å². The number of amides is 1. The summed E-state index contributed by atoms with van der Waals surface area (Å²) in [6.45, 7) is 3.00. The zero-order chi connectivity index (χ0) is 13.9. The second-order valence-corrected chi connectivity index (χ2v) is 8.80. The predicted molar refractivity (Wildman–Crippen MR) is 75.6 cm³/mol. The highest BCUT2D eigenvalue weighted by molar-refractivity contribution is 7.92. The fourth-order valence-corrected chi connectivity index (χ4v) is 4.77. The Morgan fingerprint density at radius 2 is 1.74 bits per heavy atom. The van der Waals surface area contributed by atoms with Crippen molar-refractivity contribution in [3.63, 3.8) is 0 Å². The molecule has 0 aromatic heterocycles. The molecule has 4 nitrogen and oxygen atoms in total. The summed E-state index contributed by atoms with van der Waals surface area (Å²) in [6, 6.07) is 0. The second-order valence-electron chi connectivity index (χ2n) is 6.65. The smallest absolute Gasteiger partial charge is 0.220 e. The van der Waals surface area contributed by atoms with E-state index >= 15 is 0 Å². The molecule has 1 amide bonds. The van der Waals surface area contributed by atoms with E-state index in [1.807, 2.05) is 0 Å². The van der Waals surface area contributed by atoms with Crippen LogP contribution >= 0.6 is 0 Å². The van der Waals surface area contributed by atoms with Crippen LogP contribution in [-0.4, -0.2) is 32.4 Å². The van der Waals surface area contributed by atoms with Gasteiger partial charge in [-0.15, -0.1) is 0 Å². The number of nitrogens with one attached hydrogen (secondary N) is 1. The van der Waals surface area contributed by atoms with Crippen molar-refractivity contribution >= 4 is 15.7 Å². The first-order valence-electron chi connectivity index (χ1n) is 7.36. The standard InChI is InChI=1S/C14H25NO3S/c1-14(6-4-2-3-5-7-14)11-15-13(16)8-12-9-19(17,18)10-12/h12H,2-11H2,1H3,(H,15,16). The lowest BCUT2D eigenvalue weighted by molar-refractivity contribution is -0.122. The van der Waals surface area contributed by atoms with Gasteiger partial charge in [-0.3, -0.25) is 4.79 Å². The van der Waals surface area contributed by atoms with E-state index in [1.165, 1.54) is 38.5 Å². The summed E-state index contributed by atoms with van der Waals surface area (Å²) >= 11 is 0. The highest BCUT2D eigenvalue weighted by atomic mass is 32.2. The Morgan fingerprint density at radius 3 is 2.26 bits per heavy atom. The summed E-state index contributed by atoms with van der Waals surface area (Å²) in [6.07, 6.45) is 7.87. The van der Waals surface area contributed by atoms with Crippen LogP contribution in [0.4, 0.5) is 0 Å². The molecular weight excluding hydrogens is 262 g/mol. The molecule has 1 aliphatic carbocycles. The molecule has 1 aliphatic heterocycles. The average Bonchev–Trinajstić information content (AvgIpc) is 2.50. The van der Waals surface area contributed by atoms with E-state index in [1.54, 1.807) is 0 Å². The fraction of sp³-hybridized carbons (Fsp3) is 0.929. The Balaban J connectivity index is 1.71. The third kappa shape index (κ3) is 4.48. The molecule has 0 bridgehead atoms. The van der Waals surface area contributed by atoms with Crippen LogP contribution in [0, 0.1) is 11.3 Å². The fourth-order valence-electron chi connectivity index (χ4n) is 3.19. The zero-order valence-corrected chi connectivity index (χ0v) is 12.6. The van der Waals surface area contributed by atoms with Crippen LogP contribution in [-0.2, 0) is 14.6 Å². The van der Waals surface area contributed by atoms with Gasteiger partial charge >= 0.3 is 0 Å². The molecule has 110 valence electrons. The van der Waals surface area contributed by atoms with E-state index < -0.39 is 9.84 Å². The van der Waals surface area contributed by atoms with Gasteiger partial charge < -0.3 is 5.32 Å². The topological polar surface area (TPSA) is 63.2 Å². The van der Waals surface area contributed by atoms with E-state index in [0.717, 1.165) is 6.54 Å². The lowest BCUT2D eigenvalue weighted by Crippen LogP contribution is -2.42. The van der Waals surface area contributed by atoms with Crippen molar-refractivity contribution in [3.05, 3.63) is 0 Å². The summed E-state index contributed by atoms with van der Waals surface area (Å²) in [5.41, 5.74) is 0.234. The quantitative estimate of drug-likeness (QED) is 0.803. The van der Waals surface area contributed by atoms with Gasteiger partial charge in [0.1, 0.15) is 0 Å². The van der Waals surface area contributed by atoms with Gasteiger partial charge in [0, 0.05) is 13.0 Å². The minimum atomic E-state index is -2.81. The molecule has 1 saturated carbocycles. The molecule has 19 heavy (non-hydrogen) atoms. The first-order chi connectivity index (χ1) is 8.89. The van der Waals surface area contributed by atoms with Gasteiger partial charge in [0.15, 0.2) is 9.84 Å². The third-order valence-electron chi connectivity index (χ3n) is 4.48. The van der Waals surface area contributed by atoms with Crippen LogP contribution in [0.3, 0.4) is 0 Å². The predicted octanol–water partition coefficient (Wildman–Crippen LogP) is 1.90. The van der Waals surface area contributed by atoms with Gasteiger partial charge in [-0.2, -0.15) is 0 Å². The molecule has 2 fully saturated rings. The van der Waals surface area contributed by atoms with E-state index in [9.17, 15) is 13.2 Å². The van der Waals surface area contributed by atoms with Gasteiger partial charge in [-0.1, -0.05) is 32.6 Å². The molecule has 5 heteroatoms. The molecule has 0 unspecified atom stereocenters. The number of hydrogen-bond acceptors (Lipinski definition) is 3. The van der Waals surface area contributed by atoms with Crippen molar-refractivity contribution in [1.29, 1.82) is 0 Å². The minimum absolute atomic E-state index is 0.0189. The van der Waals surface area contributed by atoms with Gasteiger partial charge in [0.05, 0.1) is 11.5 Å². The van der Waals surface area contributed by atoms with Crippen molar-refractivity contribution in [3.8, 4) is 0 Å². The summed E-state index contributed by atoms with van der Waals surface area (Å²) in [5, 5.41) is 3.01. The Kier molecular flexibility index (Phi) is 4.54. The minimum Gasteiger partial charge on any atom is -0.356 e. The van der Waals surface area contributed by atoms with Crippen molar-refractivity contribution in [2.75, 3.05) is 18.1 Å². The van der Waals surface area contributed by atoms with Gasteiger partial charge in [0.25, 0.3) is 0 Å². The molecular formula is C14H25NO3S. The molecule has 0 radical (unpaired) electrons. The summed E-state index contributed by atoms with van der Waals surface area (Å²) in [5.74, 6) is 0.451. The second kappa shape index (κ2) is 5.81. The number of carbonyl (C=O) groups is 1. The molecule has 1 saturated heterocycles. The summed E-state index contributed by atoms with van der Waals surface area (Å²) < 4.78 is 22.1. The van der Waals surface area contributed by atoms with E-state index in [-0.39, 0.29) is 28.7 Å². The highest BCUT2D eigenvalue weighted by Gasteiger charge is 2.35. The van der Waals surface area contributed by atoms with E-state index in [0.29, 0.717) is 6.42 Å². The first-order valence-corrected chi connectivity index (χ1v) is 9.18. The molecule has 1 heterocycles. The van der Waals surface area contributed by atoms with Crippen LogP contribution in [0.2, 0.25) is 0 Å². The monoisotopic (exact) mass is 287 g/mol. The van der Waals surface area contributed by atoms with Crippen LogP contribution in [0.25, 0.3) is 0 Å². The van der Waals surface area contributed by atoms with Crippen LogP contribution in [0.5, 0.6) is 0 Å². The van der Waals surface area contributed by atoms with E-state index in [4.69, 9.17) is 0 Å². The average molecular weight is 287 g/mol. The number of sulfone groups is 1. The largest absolute Gasteiger partial charge is 0.356 e. The number of hydrogen-bond donors (Lipinski definition) is 1. The number of carbonyl (C=O) groups excluding carboxylic acids is 1. The Morgan fingerprint density at radius 1 is 1.16 bits per heavy atom. The van der Waals surface area contributed by atoms with Gasteiger partial charge in [-0.05, 0) is 24.2 Å². The SMILES string of the molecule is CC1(CNC(=O)CC2CS(=O)(=O)C2)CCCCCC1. The third-order valence-corrected chi connectivity index (χ3v) is 6.43. The molecule has 2 aliphatic rings. The lowest BCUT2D eigenvalue weighted by atomic mass is 9.82. The summed E-state index contributed by atoms with van der Waals surface area (Å²) in [7, 11) is -2.81. The molecule has 1 N–H and O–H groups in total. The van der Waals surface area contributed by atoms with Crippen molar-refractivity contribution in [2.45, 2.75) is 51.9 Å². The molecule has 0 spiro atoms. The van der Waals surface area contributed by atoms with E-state index in [2.05, 4.69) is 12.2 Å². The van der Waals surface area contributed by atoms with Crippen molar-refractivity contribution in [1.82, 2.24) is 5.32 Å². The molecule has 0 aromatic rings. The van der Waals surface area contributed by atoms with Crippen molar-refractivity contribution in [2.24, 2.45) is 11.3 Å². The van der Waals surface area contributed by atoms with Gasteiger partial charge in [-0.25, -0.2) is 8.42 Å². The zero-order valence-electron chi connectivity index (χ0n) is 11.8. The molecule has 0 aromatic carbocycles. The highest BCUT2D eigenvalue weighted by Crippen LogP contribution is 2.33. The maximum absolute atomic E-state index is 11.8. The van der Waals surface area contributed by atoms with Crippen LogP contribution in [0.15, 0.2) is 0 Å². The van der Waals surface area contributed by atoms with Gasteiger partial charge in [0.2, 0.25) is 5.91 Å².